The lowest BCUT2D eigenvalue weighted by atomic mass is 10.1. The Bertz CT molecular complexity index is 866. The van der Waals surface area contributed by atoms with Gasteiger partial charge in [0.2, 0.25) is 0 Å². The number of aliphatic hydroxyl groups is 1. The van der Waals surface area contributed by atoms with E-state index in [0.717, 1.165) is 55.7 Å². The lowest BCUT2D eigenvalue weighted by Crippen LogP contribution is -2.35. The second-order valence-electron chi connectivity index (χ2n) is 7.09. The smallest absolute Gasteiger partial charge is 0.113 e. The van der Waals surface area contributed by atoms with Gasteiger partial charge in [0.15, 0.2) is 0 Å². The minimum atomic E-state index is -0.112. The van der Waals surface area contributed by atoms with E-state index < -0.39 is 0 Å². The zero-order chi connectivity index (χ0) is 17.9. The van der Waals surface area contributed by atoms with Gasteiger partial charge in [-0.2, -0.15) is 0 Å². The second-order valence-corrected chi connectivity index (χ2v) is 7.09. The first-order chi connectivity index (χ1) is 12.7. The first-order valence-corrected chi connectivity index (χ1v) is 9.19. The SMILES string of the molecule is Cn1nnc2cc(CNc3ccc(CN4CCC(O)CC4)cc3)ccc21. The number of nitrogens with one attached hydrogen (secondary N) is 1. The van der Waals surface area contributed by atoms with Gasteiger partial charge in [-0.15, -0.1) is 5.10 Å². The highest BCUT2D eigenvalue weighted by atomic mass is 16.3. The molecule has 0 unspecified atom stereocenters. The zero-order valence-electron chi connectivity index (χ0n) is 15.1. The summed E-state index contributed by atoms with van der Waals surface area (Å²) >= 11 is 0. The van der Waals surface area contributed by atoms with Crippen molar-refractivity contribution in [2.45, 2.75) is 32.0 Å². The van der Waals surface area contributed by atoms with E-state index in [4.69, 9.17) is 0 Å². The molecule has 1 saturated heterocycles. The Morgan fingerprint density at radius 3 is 2.58 bits per heavy atom. The summed E-state index contributed by atoms with van der Waals surface area (Å²) in [6.45, 7) is 3.67. The van der Waals surface area contributed by atoms with Crippen molar-refractivity contribution >= 4 is 16.7 Å². The Kier molecular flexibility index (Phi) is 4.86. The van der Waals surface area contributed by atoms with Gasteiger partial charge < -0.3 is 10.4 Å². The van der Waals surface area contributed by atoms with Gasteiger partial charge >= 0.3 is 0 Å². The Morgan fingerprint density at radius 2 is 1.81 bits per heavy atom. The molecule has 0 bridgehead atoms. The van der Waals surface area contributed by atoms with E-state index in [-0.39, 0.29) is 6.10 Å². The number of hydrogen-bond donors (Lipinski definition) is 2. The van der Waals surface area contributed by atoms with Crippen LogP contribution >= 0.6 is 0 Å². The van der Waals surface area contributed by atoms with Gasteiger partial charge in [-0.1, -0.05) is 23.4 Å². The van der Waals surface area contributed by atoms with Crippen LogP contribution in [0.25, 0.3) is 11.0 Å². The van der Waals surface area contributed by atoms with Crippen LogP contribution in [-0.2, 0) is 20.1 Å². The van der Waals surface area contributed by atoms with Crippen LogP contribution in [0.3, 0.4) is 0 Å². The van der Waals surface area contributed by atoms with Crippen LogP contribution in [0.5, 0.6) is 0 Å². The van der Waals surface area contributed by atoms with E-state index in [1.54, 1.807) is 4.68 Å². The number of anilines is 1. The molecule has 2 N–H and O–H groups in total. The normalized spacial score (nSPS) is 16.2. The maximum Gasteiger partial charge on any atom is 0.113 e. The van der Waals surface area contributed by atoms with Crippen LogP contribution in [0.4, 0.5) is 5.69 Å². The summed E-state index contributed by atoms with van der Waals surface area (Å²) in [5.41, 5.74) is 5.58. The fourth-order valence-electron chi connectivity index (χ4n) is 3.46. The molecule has 1 aliphatic rings. The minimum absolute atomic E-state index is 0.112. The summed E-state index contributed by atoms with van der Waals surface area (Å²) in [6, 6.07) is 14.9. The third kappa shape index (κ3) is 3.86. The van der Waals surface area contributed by atoms with Gasteiger partial charge in [-0.3, -0.25) is 4.90 Å². The molecule has 0 aliphatic carbocycles. The maximum atomic E-state index is 9.60. The molecule has 0 atom stereocenters. The number of hydrogen-bond acceptors (Lipinski definition) is 5. The highest BCUT2D eigenvalue weighted by Crippen LogP contribution is 2.17. The van der Waals surface area contributed by atoms with Crippen LogP contribution < -0.4 is 5.32 Å². The molecular weight excluding hydrogens is 326 g/mol. The zero-order valence-corrected chi connectivity index (χ0v) is 15.1. The van der Waals surface area contributed by atoms with Crippen LogP contribution in [-0.4, -0.2) is 44.2 Å². The number of benzene rings is 2. The van der Waals surface area contributed by atoms with Crippen molar-refractivity contribution in [3.63, 3.8) is 0 Å². The van der Waals surface area contributed by atoms with Gasteiger partial charge in [0.1, 0.15) is 5.52 Å². The molecule has 1 aromatic heterocycles. The average Bonchev–Trinajstić information content (AvgIpc) is 3.03. The first-order valence-electron chi connectivity index (χ1n) is 9.19. The summed E-state index contributed by atoms with van der Waals surface area (Å²) in [6.07, 6.45) is 1.66. The topological polar surface area (TPSA) is 66.2 Å². The number of aromatic nitrogens is 3. The molecule has 0 saturated carbocycles. The van der Waals surface area contributed by atoms with Crippen molar-refractivity contribution in [1.29, 1.82) is 0 Å². The summed E-state index contributed by atoms with van der Waals surface area (Å²) < 4.78 is 1.79. The molecule has 6 heteroatoms. The Morgan fingerprint density at radius 1 is 1.08 bits per heavy atom. The Labute approximate surface area is 153 Å². The Balaban J connectivity index is 1.33. The van der Waals surface area contributed by atoms with Crippen molar-refractivity contribution in [2.75, 3.05) is 18.4 Å². The fourth-order valence-corrected chi connectivity index (χ4v) is 3.46. The number of aryl methyl sites for hydroxylation is 1. The predicted octanol–water partition coefficient (Wildman–Crippen LogP) is 2.54. The van der Waals surface area contributed by atoms with E-state index >= 15 is 0 Å². The van der Waals surface area contributed by atoms with E-state index in [1.165, 1.54) is 11.1 Å². The molecule has 26 heavy (non-hydrogen) atoms. The highest BCUT2D eigenvalue weighted by molar-refractivity contribution is 5.75. The van der Waals surface area contributed by atoms with Crippen LogP contribution in [0.15, 0.2) is 42.5 Å². The molecule has 3 aromatic rings. The summed E-state index contributed by atoms with van der Waals surface area (Å²) in [7, 11) is 1.90. The maximum absolute atomic E-state index is 9.60. The highest BCUT2D eigenvalue weighted by Gasteiger charge is 2.16. The van der Waals surface area contributed by atoms with Crippen molar-refractivity contribution in [3.8, 4) is 0 Å². The molecule has 2 aromatic carbocycles. The van der Waals surface area contributed by atoms with Gasteiger partial charge in [0, 0.05) is 38.9 Å². The molecule has 1 fully saturated rings. The lowest BCUT2D eigenvalue weighted by Gasteiger charge is -2.29. The largest absolute Gasteiger partial charge is 0.393 e. The van der Waals surface area contributed by atoms with Crippen molar-refractivity contribution in [1.82, 2.24) is 19.9 Å². The lowest BCUT2D eigenvalue weighted by molar-refractivity contribution is 0.0792. The van der Waals surface area contributed by atoms with Crippen molar-refractivity contribution in [2.24, 2.45) is 7.05 Å². The predicted molar refractivity (Wildman–Crippen MR) is 103 cm³/mol. The number of likely N-dealkylation sites (tertiary alicyclic amines) is 1. The molecule has 0 radical (unpaired) electrons. The van der Waals surface area contributed by atoms with Crippen LogP contribution in [0.1, 0.15) is 24.0 Å². The molecular formula is C20H25N5O. The second kappa shape index (κ2) is 7.43. The molecule has 136 valence electrons. The van der Waals surface area contributed by atoms with Crippen LogP contribution in [0.2, 0.25) is 0 Å². The van der Waals surface area contributed by atoms with E-state index in [9.17, 15) is 5.11 Å². The first kappa shape index (κ1) is 17.0. The average molecular weight is 351 g/mol. The van der Waals surface area contributed by atoms with Gasteiger partial charge in [0.25, 0.3) is 0 Å². The van der Waals surface area contributed by atoms with Crippen molar-refractivity contribution in [3.05, 3.63) is 53.6 Å². The molecule has 2 heterocycles. The van der Waals surface area contributed by atoms with E-state index in [1.807, 2.05) is 7.05 Å². The minimum Gasteiger partial charge on any atom is -0.393 e. The monoisotopic (exact) mass is 351 g/mol. The number of nitrogens with zero attached hydrogens (tertiary/aromatic N) is 4. The molecule has 4 rings (SSSR count). The van der Waals surface area contributed by atoms with Crippen LogP contribution in [0, 0.1) is 0 Å². The molecule has 0 spiro atoms. The van der Waals surface area contributed by atoms with E-state index in [0.29, 0.717) is 0 Å². The number of aliphatic hydroxyl groups excluding tert-OH is 1. The summed E-state index contributed by atoms with van der Waals surface area (Å²) in [5, 5.41) is 21.3. The third-order valence-electron chi connectivity index (χ3n) is 5.09. The van der Waals surface area contributed by atoms with Crippen molar-refractivity contribution < 1.29 is 5.11 Å². The molecule has 6 nitrogen and oxygen atoms in total. The number of rotatable bonds is 5. The summed E-state index contributed by atoms with van der Waals surface area (Å²) in [5.74, 6) is 0. The third-order valence-corrected chi connectivity index (χ3v) is 5.09. The number of fused-ring (bicyclic) bond motifs is 1. The van der Waals surface area contributed by atoms with Gasteiger partial charge in [-0.25, -0.2) is 4.68 Å². The molecule has 0 amide bonds. The molecule has 1 aliphatic heterocycles. The Hall–Kier alpha value is -2.44. The van der Waals surface area contributed by atoms with E-state index in [2.05, 4.69) is 63.0 Å². The van der Waals surface area contributed by atoms with Gasteiger partial charge in [-0.05, 0) is 48.2 Å². The summed E-state index contributed by atoms with van der Waals surface area (Å²) in [4.78, 5) is 2.41. The standard InChI is InChI=1S/C20H25N5O/c1-24-20-7-4-16(12-19(20)22-23-24)13-21-17-5-2-15(3-6-17)14-25-10-8-18(26)9-11-25/h2-7,12,18,21,26H,8-11,13-14H2,1H3. The van der Waals surface area contributed by atoms with Gasteiger partial charge in [0.05, 0.1) is 11.6 Å². The quantitative estimate of drug-likeness (QED) is 0.739. The number of piperidine rings is 1. The fraction of sp³-hybridized carbons (Fsp3) is 0.400.